The minimum Gasteiger partial charge on any atom is -0.497 e. The summed E-state index contributed by atoms with van der Waals surface area (Å²) < 4.78 is 44.1. The summed E-state index contributed by atoms with van der Waals surface area (Å²) in [6.07, 6.45) is 0.311. The molecule has 2 aromatic rings. The van der Waals surface area contributed by atoms with Crippen LogP contribution in [0.4, 0.5) is 13.2 Å². The van der Waals surface area contributed by atoms with Gasteiger partial charge >= 0.3 is 6.18 Å². The molecule has 0 atom stereocenters. The van der Waals surface area contributed by atoms with Crippen molar-refractivity contribution in [1.29, 1.82) is 0 Å². The lowest BCUT2D eigenvalue weighted by Gasteiger charge is -2.36. The van der Waals surface area contributed by atoms with Crippen molar-refractivity contribution in [3.63, 3.8) is 0 Å². The molecule has 1 nitrogen and oxygen atoms in total. The Labute approximate surface area is 145 Å². The minimum atomic E-state index is -4.29. The lowest BCUT2D eigenvalue weighted by atomic mass is 9.67. The first-order chi connectivity index (χ1) is 12.0. The van der Waals surface area contributed by atoms with E-state index in [2.05, 4.69) is 12.1 Å². The van der Waals surface area contributed by atoms with Gasteiger partial charge in [-0.25, -0.2) is 0 Å². The van der Waals surface area contributed by atoms with Crippen molar-refractivity contribution in [1.82, 2.24) is 0 Å². The van der Waals surface area contributed by atoms with E-state index in [4.69, 9.17) is 4.74 Å². The van der Waals surface area contributed by atoms with Crippen LogP contribution in [0.25, 0.3) is 0 Å². The summed E-state index contributed by atoms with van der Waals surface area (Å²) in [7, 11) is 1.64. The predicted molar refractivity (Wildman–Crippen MR) is 90.7 cm³/mol. The van der Waals surface area contributed by atoms with Gasteiger partial charge in [0.05, 0.1) is 12.7 Å². The third-order valence-electron chi connectivity index (χ3n) is 6.27. The van der Waals surface area contributed by atoms with Crippen LogP contribution in [-0.2, 0) is 11.6 Å². The number of hydrogen-bond acceptors (Lipinski definition) is 1. The van der Waals surface area contributed by atoms with Crippen LogP contribution in [0.3, 0.4) is 0 Å². The Morgan fingerprint density at radius 2 is 1.24 bits per heavy atom. The highest BCUT2D eigenvalue weighted by atomic mass is 19.4. The molecule has 0 N–H and O–H groups in total. The van der Waals surface area contributed by atoms with Gasteiger partial charge in [0.2, 0.25) is 0 Å². The van der Waals surface area contributed by atoms with Gasteiger partial charge < -0.3 is 4.74 Å². The van der Waals surface area contributed by atoms with Gasteiger partial charge in [0.1, 0.15) is 5.75 Å². The van der Waals surface area contributed by atoms with E-state index < -0.39 is 11.7 Å². The Morgan fingerprint density at radius 1 is 0.800 bits per heavy atom. The van der Waals surface area contributed by atoms with Gasteiger partial charge in [-0.2, -0.15) is 13.2 Å². The molecule has 4 rings (SSSR count). The zero-order chi connectivity index (χ0) is 17.7. The molecule has 2 aliphatic rings. The molecule has 0 radical (unpaired) electrons. The Morgan fingerprint density at radius 3 is 1.64 bits per heavy atom. The first-order valence-electron chi connectivity index (χ1n) is 8.78. The van der Waals surface area contributed by atoms with Crippen molar-refractivity contribution in [3.05, 3.63) is 65.2 Å². The molecule has 4 heteroatoms. The van der Waals surface area contributed by atoms with Crippen LogP contribution in [0.15, 0.2) is 48.5 Å². The molecule has 2 saturated carbocycles. The standard InChI is InChI=1S/C21H21F3O/c1-25-19-12-10-17(11-13-19)20(14-2-3-15(20)5-4-14)16-6-8-18(9-7-16)21(22,23)24/h6-15H,2-5H2,1H3. The molecule has 2 bridgehead atoms. The van der Waals surface area contributed by atoms with Gasteiger partial charge in [-0.05, 0) is 72.9 Å². The number of fused-ring (bicyclic) bond motifs is 2. The van der Waals surface area contributed by atoms with E-state index in [-0.39, 0.29) is 5.41 Å². The van der Waals surface area contributed by atoms with Crippen molar-refractivity contribution >= 4 is 0 Å². The monoisotopic (exact) mass is 346 g/mol. The number of halogens is 3. The molecular formula is C21H21F3O. The Bertz CT molecular complexity index is 726. The van der Waals surface area contributed by atoms with Crippen molar-refractivity contribution in [2.45, 2.75) is 37.3 Å². The molecule has 2 aliphatic carbocycles. The van der Waals surface area contributed by atoms with Gasteiger partial charge in [0.25, 0.3) is 0 Å². The van der Waals surface area contributed by atoms with E-state index in [9.17, 15) is 13.2 Å². The number of hydrogen-bond donors (Lipinski definition) is 0. The fourth-order valence-corrected chi connectivity index (χ4v) is 5.25. The van der Waals surface area contributed by atoms with Gasteiger partial charge in [-0.3, -0.25) is 0 Å². The molecule has 0 aromatic heterocycles. The Hall–Kier alpha value is -1.97. The Kier molecular flexibility index (Phi) is 3.82. The zero-order valence-electron chi connectivity index (χ0n) is 14.1. The Balaban J connectivity index is 1.82. The van der Waals surface area contributed by atoms with Crippen LogP contribution in [0.2, 0.25) is 0 Å². The first-order valence-corrected chi connectivity index (χ1v) is 8.78. The molecule has 0 heterocycles. The number of ether oxygens (including phenoxy) is 1. The van der Waals surface area contributed by atoms with Crippen LogP contribution < -0.4 is 4.74 Å². The summed E-state index contributed by atoms with van der Waals surface area (Å²) >= 11 is 0. The SMILES string of the molecule is COc1ccc(C2(c3ccc(C(F)(F)F)cc3)C3CCC2CC3)cc1. The molecule has 0 saturated heterocycles. The maximum atomic E-state index is 13.0. The summed E-state index contributed by atoms with van der Waals surface area (Å²) in [5.74, 6) is 1.81. The topological polar surface area (TPSA) is 9.23 Å². The van der Waals surface area contributed by atoms with Crippen molar-refractivity contribution in [3.8, 4) is 5.75 Å². The van der Waals surface area contributed by atoms with Crippen molar-refractivity contribution in [2.24, 2.45) is 11.8 Å². The maximum absolute atomic E-state index is 13.0. The van der Waals surface area contributed by atoms with Gasteiger partial charge in [0.15, 0.2) is 0 Å². The lowest BCUT2D eigenvalue weighted by molar-refractivity contribution is -0.137. The smallest absolute Gasteiger partial charge is 0.416 e. The average Bonchev–Trinajstić information content (AvgIpc) is 3.17. The third kappa shape index (κ3) is 2.45. The highest BCUT2D eigenvalue weighted by Gasteiger charge is 2.56. The summed E-state index contributed by atoms with van der Waals surface area (Å²) in [5, 5.41) is 0. The summed E-state index contributed by atoms with van der Waals surface area (Å²) in [5.41, 5.74) is 1.50. The largest absolute Gasteiger partial charge is 0.497 e. The maximum Gasteiger partial charge on any atom is 0.416 e. The second-order valence-corrected chi connectivity index (χ2v) is 7.22. The quantitative estimate of drug-likeness (QED) is 0.680. The van der Waals surface area contributed by atoms with Crippen LogP contribution in [0.1, 0.15) is 42.4 Å². The fourth-order valence-electron chi connectivity index (χ4n) is 5.25. The van der Waals surface area contributed by atoms with Gasteiger partial charge in [-0.1, -0.05) is 24.3 Å². The number of rotatable bonds is 3. The number of methoxy groups -OCH3 is 1. The molecule has 2 fully saturated rings. The molecule has 25 heavy (non-hydrogen) atoms. The van der Waals surface area contributed by atoms with E-state index >= 15 is 0 Å². The molecule has 0 aliphatic heterocycles. The van der Waals surface area contributed by atoms with E-state index in [1.807, 2.05) is 12.1 Å². The molecule has 0 spiro atoms. The van der Waals surface area contributed by atoms with Gasteiger partial charge in [0, 0.05) is 5.41 Å². The lowest BCUT2D eigenvalue weighted by Crippen LogP contribution is -2.33. The number of benzene rings is 2. The summed E-state index contributed by atoms with van der Waals surface area (Å²) in [6.45, 7) is 0. The molecule has 0 unspecified atom stereocenters. The van der Waals surface area contributed by atoms with Crippen LogP contribution >= 0.6 is 0 Å². The molecule has 132 valence electrons. The minimum absolute atomic E-state index is 0.156. The zero-order valence-corrected chi connectivity index (χ0v) is 14.1. The van der Waals surface area contributed by atoms with Crippen LogP contribution in [-0.4, -0.2) is 7.11 Å². The summed E-state index contributed by atoms with van der Waals surface area (Å²) in [6, 6.07) is 14.0. The number of alkyl halides is 3. The van der Waals surface area contributed by atoms with E-state index in [0.29, 0.717) is 11.8 Å². The fraction of sp³-hybridized carbons (Fsp3) is 0.429. The second-order valence-electron chi connectivity index (χ2n) is 7.22. The predicted octanol–water partition coefficient (Wildman–Crippen LogP) is 5.82. The van der Waals surface area contributed by atoms with Crippen molar-refractivity contribution in [2.75, 3.05) is 7.11 Å². The second kappa shape index (κ2) is 5.79. The van der Waals surface area contributed by atoms with E-state index in [1.54, 1.807) is 19.2 Å². The molecule has 0 amide bonds. The summed E-state index contributed by atoms with van der Waals surface area (Å²) in [4.78, 5) is 0. The average molecular weight is 346 g/mol. The van der Waals surface area contributed by atoms with Crippen LogP contribution in [0, 0.1) is 11.8 Å². The van der Waals surface area contributed by atoms with E-state index in [1.165, 1.54) is 17.7 Å². The highest BCUT2D eigenvalue weighted by Crippen LogP contribution is 2.62. The normalized spacial score (nSPS) is 28.3. The van der Waals surface area contributed by atoms with Crippen molar-refractivity contribution < 1.29 is 17.9 Å². The van der Waals surface area contributed by atoms with Gasteiger partial charge in [-0.15, -0.1) is 0 Å². The highest BCUT2D eigenvalue weighted by molar-refractivity contribution is 5.47. The molecule has 2 aromatic carbocycles. The third-order valence-corrected chi connectivity index (χ3v) is 6.27. The van der Waals surface area contributed by atoms with E-state index in [0.717, 1.165) is 37.0 Å². The van der Waals surface area contributed by atoms with Crippen LogP contribution in [0.5, 0.6) is 5.75 Å². The first kappa shape index (κ1) is 16.5. The molecular weight excluding hydrogens is 325 g/mol.